The highest BCUT2D eigenvalue weighted by Gasteiger charge is 2.48. The summed E-state index contributed by atoms with van der Waals surface area (Å²) in [5.74, 6) is -0.0308. The van der Waals surface area contributed by atoms with E-state index in [1.54, 1.807) is 19.1 Å². The summed E-state index contributed by atoms with van der Waals surface area (Å²) in [5.41, 5.74) is -0.328. The molecular formula is C23H32O5. The minimum atomic E-state index is -1.09. The van der Waals surface area contributed by atoms with Gasteiger partial charge in [0.25, 0.3) is 0 Å². The second kappa shape index (κ2) is 7.41. The van der Waals surface area contributed by atoms with Gasteiger partial charge in [-0.1, -0.05) is 26.2 Å². The normalized spacial score (nSPS) is 25.2. The van der Waals surface area contributed by atoms with Gasteiger partial charge in [-0.25, -0.2) is 0 Å². The summed E-state index contributed by atoms with van der Waals surface area (Å²) in [6, 6.07) is 3.36. The van der Waals surface area contributed by atoms with Crippen LogP contribution in [-0.2, 0) is 15.0 Å². The van der Waals surface area contributed by atoms with Crippen LogP contribution in [0.1, 0.15) is 89.7 Å². The minimum Gasteiger partial charge on any atom is -0.508 e. The first-order valence-electron chi connectivity index (χ1n) is 10.4. The molecule has 1 saturated carbocycles. The number of Topliss-reactive ketones (excluding diaryl/α,β-unsaturated/α-hetero) is 1. The number of fused-ring (bicyclic) bond motifs is 3. The number of aromatic hydroxyl groups is 1. The molecule has 0 amide bonds. The van der Waals surface area contributed by atoms with Gasteiger partial charge in [0.2, 0.25) is 0 Å². The molecule has 0 spiro atoms. The monoisotopic (exact) mass is 388 g/mol. The van der Waals surface area contributed by atoms with Crippen molar-refractivity contribution in [3.8, 4) is 11.5 Å². The highest BCUT2D eigenvalue weighted by atomic mass is 16.5. The predicted molar refractivity (Wildman–Crippen MR) is 107 cm³/mol. The molecule has 5 heteroatoms. The molecule has 3 atom stereocenters. The first-order valence-corrected chi connectivity index (χ1v) is 10.4. The van der Waals surface area contributed by atoms with Crippen molar-refractivity contribution in [2.75, 3.05) is 0 Å². The average Bonchev–Trinajstić information content (AvgIpc) is 2.60. The number of benzene rings is 1. The van der Waals surface area contributed by atoms with Crippen molar-refractivity contribution in [2.45, 2.75) is 89.6 Å². The molecule has 3 rings (SSSR count). The third-order valence-corrected chi connectivity index (χ3v) is 6.81. The summed E-state index contributed by atoms with van der Waals surface area (Å²) in [6.45, 7) is 7.84. The number of ketones is 1. The van der Waals surface area contributed by atoms with Crippen LogP contribution in [0.25, 0.3) is 0 Å². The van der Waals surface area contributed by atoms with Gasteiger partial charge < -0.3 is 14.9 Å². The van der Waals surface area contributed by atoms with Crippen molar-refractivity contribution in [3.05, 3.63) is 23.3 Å². The van der Waals surface area contributed by atoms with Crippen LogP contribution in [0.15, 0.2) is 12.1 Å². The maximum absolute atomic E-state index is 12.1. The third-order valence-electron chi connectivity index (χ3n) is 6.81. The fraction of sp³-hybridized carbons (Fsp3) is 0.652. The zero-order valence-electron chi connectivity index (χ0n) is 17.4. The van der Waals surface area contributed by atoms with Gasteiger partial charge in [0.1, 0.15) is 22.9 Å². The molecule has 28 heavy (non-hydrogen) atoms. The van der Waals surface area contributed by atoms with Crippen LogP contribution < -0.4 is 4.74 Å². The van der Waals surface area contributed by atoms with Crippen LogP contribution in [0.4, 0.5) is 0 Å². The van der Waals surface area contributed by atoms with Crippen molar-refractivity contribution in [2.24, 2.45) is 5.92 Å². The number of hydrogen-bond donors (Lipinski definition) is 2. The fourth-order valence-corrected chi connectivity index (χ4v) is 4.99. The minimum absolute atomic E-state index is 0.0515. The van der Waals surface area contributed by atoms with Gasteiger partial charge in [-0.2, -0.15) is 0 Å². The molecule has 0 saturated heterocycles. The first kappa shape index (κ1) is 20.7. The van der Waals surface area contributed by atoms with Gasteiger partial charge in [0.15, 0.2) is 0 Å². The van der Waals surface area contributed by atoms with E-state index >= 15 is 0 Å². The zero-order chi connectivity index (χ0) is 20.7. The Bertz CT molecular complexity index is 781. The molecule has 2 N–H and O–H groups in total. The molecule has 1 aliphatic carbocycles. The lowest BCUT2D eigenvalue weighted by Crippen LogP contribution is -2.47. The van der Waals surface area contributed by atoms with Crippen molar-refractivity contribution < 1.29 is 24.5 Å². The van der Waals surface area contributed by atoms with E-state index in [4.69, 9.17) is 4.74 Å². The van der Waals surface area contributed by atoms with E-state index in [0.717, 1.165) is 25.7 Å². The van der Waals surface area contributed by atoms with Crippen molar-refractivity contribution in [3.63, 3.8) is 0 Å². The largest absolute Gasteiger partial charge is 0.508 e. The van der Waals surface area contributed by atoms with Crippen LogP contribution in [0, 0.1) is 5.92 Å². The molecule has 1 aliphatic heterocycles. The summed E-state index contributed by atoms with van der Waals surface area (Å²) < 4.78 is 6.28. The van der Waals surface area contributed by atoms with E-state index in [0.29, 0.717) is 36.1 Å². The molecule has 2 aliphatic rings. The second-order valence-corrected chi connectivity index (χ2v) is 9.20. The van der Waals surface area contributed by atoms with Crippen LogP contribution in [0.3, 0.4) is 0 Å². The Balaban J connectivity index is 2.06. The Hall–Kier alpha value is -2.04. The summed E-state index contributed by atoms with van der Waals surface area (Å²) in [4.78, 5) is 24.2. The molecule has 1 heterocycles. The van der Waals surface area contributed by atoms with Gasteiger partial charge in [-0.05, 0) is 51.3 Å². The quantitative estimate of drug-likeness (QED) is 0.675. The Morgan fingerprint density at radius 3 is 2.68 bits per heavy atom. The van der Waals surface area contributed by atoms with Crippen LogP contribution in [0.2, 0.25) is 0 Å². The number of rotatable bonds is 6. The lowest BCUT2D eigenvalue weighted by atomic mass is 9.65. The fourth-order valence-electron chi connectivity index (χ4n) is 4.99. The molecule has 0 bridgehead atoms. The number of phenols is 1. The number of carbonyl (C=O) groups excluding carboxylic acids is 1. The number of hydrogen-bond acceptors (Lipinski definition) is 4. The molecule has 1 unspecified atom stereocenters. The lowest BCUT2D eigenvalue weighted by Gasteiger charge is -2.47. The Morgan fingerprint density at radius 1 is 1.32 bits per heavy atom. The van der Waals surface area contributed by atoms with Crippen LogP contribution in [-0.4, -0.2) is 27.6 Å². The van der Waals surface area contributed by atoms with Gasteiger partial charge in [0, 0.05) is 30.2 Å². The topological polar surface area (TPSA) is 83.8 Å². The number of unbranched alkanes of at least 4 members (excludes halogenated alkanes) is 2. The summed E-state index contributed by atoms with van der Waals surface area (Å²) in [6.07, 6.45) is 5.00. The summed E-state index contributed by atoms with van der Waals surface area (Å²) >= 11 is 0. The zero-order valence-corrected chi connectivity index (χ0v) is 17.4. The number of ether oxygens (including phenoxy) is 1. The standard InChI is InChI=1S/C23H32O5/c1-5-6-7-10-23(4,21(26)27)14-11-18(25)20-16-13-15(24)8-9-17(16)22(2,3)28-19(20)12-14/h11-12,16-17,25H,5-10,13H2,1-4H3,(H,26,27)/t16-,17-,23?/m1/s1. The third kappa shape index (κ3) is 3.51. The SMILES string of the molecule is CCCCCC(C)(C(=O)O)c1cc(O)c2c(c1)OC(C)(C)[C@@H]1CCC(=O)C[C@@H]21. The van der Waals surface area contributed by atoms with E-state index < -0.39 is 17.0 Å². The molecule has 1 fully saturated rings. The van der Waals surface area contributed by atoms with Crippen molar-refractivity contribution in [1.82, 2.24) is 0 Å². The molecular weight excluding hydrogens is 356 g/mol. The number of carbonyl (C=O) groups is 2. The Labute approximate surface area is 167 Å². The van der Waals surface area contributed by atoms with E-state index in [1.807, 2.05) is 13.8 Å². The van der Waals surface area contributed by atoms with E-state index in [1.165, 1.54) is 0 Å². The number of carboxylic acid groups (broad SMARTS) is 1. The summed E-state index contributed by atoms with van der Waals surface area (Å²) in [5, 5.41) is 20.8. The van der Waals surface area contributed by atoms with Crippen LogP contribution in [0.5, 0.6) is 11.5 Å². The number of carboxylic acids is 1. The van der Waals surface area contributed by atoms with E-state index in [9.17, 15) is 19.8 Å². The molecule has 1 aromatic rings. The van der Waals surface area contributed by atoms with Crippen LogP contribution >= 0.6 is 0 Å². The maximum Gasteiger partial charge on any atom is 0.313 e. The van der Waals surface area contributed by atoms with E-state index in [2.05, 4.69) is 6.92 Å². The summed E-state index contributed by atoms with van der Waals surface area (Å²) in [7, 11) is 0. The maximum atomic E-state index is 12.1. The molecule has 154 valence electrons. The number of phenolic OH excluding ortho intramolecular Hbond substituents is 1. The molecule has 0 radical (unpaired) electrons. The average molecular weight is 389 g/mol. The highest BCUT2D eigenvalue weighted by molar-refractivity contribution is 5.82. The second-order valence-electron chi connectivity index (χ2n) is 9.20. The van der Waals surface area contributed by atoms with E-state index in [-0.39, 0.29) is 23.4 Å². The Kier molecular flexibility index (Phi) is 5.48. The number of aliphatic carboxylic acids is 1. The highest BCUT2D eigenvalue weighted by Crippen LogP contribution is 2.54. The smallest absolute Gasteiger partial charge is 0.313 e. The lowest BCUT2D eigenvalue weighted by molar-refractivity contribution is -0.143. The Morgan fingerprint density at radius 2 is 2.04 bits per heavy atom. The molecule has 1 aromatic carbocycles. The van der Waals surface area contributed by atoms with Crippen molar-refractivity contribution >= 4 is 11.8 Å². The van der Waals surface area contributed by atoms with Gasteiger partial charge in [-0.3, -0.25) is 9.59 Å². The first-order chi connectivity index (χ1) is 13.1. The predicted octanol–water partition coefficient (Wildman–Crippen LogP) is 4.94. The van der Waals surface area contributed by atoms with Gasteiger partial charge >= 0.3 is 5.97 Å². The van der Waals surface area contributed by atoms with Gasteiger partial charge in [0.05, 0.1) is 5.41 Å². The van der Waals surface area contributed by atoms with Gasteiger partial charge in [-0.15, -0.1) is 0 Å². The molecule has 0 aromatic heterocycles. The van der Waals surface area contributed by atoms with Crippen molar-refractivity contribution in [1.29, 1.82) is 0 Å². The molecule has 5 nitrogen and oxygen atoms in total.